The zero-order valence-corrected chi connectivity index (χ0v) is 27.0. The molecule has 3 amide bonds. The van der Waals surface area contributed by atoms with E-state index in [1.807, 2.05) is 53.9 Å². The molecule has 15 heteroatoms. The molecule has 3 aromatic rings. The van der Waals surface area contributed by atoms with E-state index in [1.54, 1.807) is 23.3 Å². The van der Waals surface area contributed by atoms with Gasteiger partial charge >= 0.3 is 0 Å². The third kappa shape index (κ3) is 7.51. The van der Waals surface area contributed by atoms with Gasteiger partial charge in [-0.25, -0.2) is 0 Å². The summed E-state index contributed by atoms with van der Waals surface area (Å²) in [5.41, 5.74) is 0.880. The number of benzene rings is 1. The summed E-state index contributed by atoms with van der Waals surface area (Å²) >= 11 is 16.2. The average Bonchev–Trinajstić information content (AvgIpc) is 3.75. The number of ether oxygens (including phenoxy) is 1. The molecule has 2 fully saturated rings. The molecular weight excluding hydrogens is 651 g/mol. The topological polar surface area (TPSA) is 105 Å². The van der Waals surface area contributed by atoms with Crippen LogP contribution in [0.3, 0.4) is 0 Å². The van der Waals surface area contributed by atoms with Crippen molar-refractivity contribution in [3.63, 3.8) is 0 Å². The lowest BCUT2D eigenvalue weighted by Crippen LogP contribution is -2.30. The second-order valence-electron chi connectivity index (χ2n) is 8.86. The van der Waals surface area contributed by atoms with Crippen LogP contribution in [0.5, 0.6) is 5.75 Å². The van der Waals surface area contributed by atoms with Gasteiger partial charge in [0, 0.05) is 30.8 Å². The minimum absolute atomic E-state index is 0.134. The molecule has 0 radical (unpaired) electrons. The molecule has 0 spiro atoms. The standard InChI is InChI=1S/C27H23N5O4S6/c1-36-17-8-6-16(7-9-17)14-19-23(34)32(27(38)40-19)12-10-22-29-30-25(42-22)28-21(33)5-2-11-31-24(35)20(41-26(31)37)15-18-4-3-13-39-18/h3-4,6-9,13-15H,2,5,10-12H2,1H3,(H,28,30,33)/b19-14+,20-15-. The Bertz CT molecular complexity index is 1580. The Morgan fingerprint density at radius 3 is 2.33 bits per heavy atom. The van der Waals surface area contributed by atoms with Crippen LogP contribution >= 0.6 is 70.6 Å². The molecule has 9 nitrogen and oxygen atoms in total. The van der Waals surface area contributed by atoms with Crippen molar-refractivity contribution in [1.82, 2.24) is 20.0 Å². The fourth-order valence-corrected chi connectivity index (χ4v) is 8.02. The van der Waals surface area contributed by atoms with Crippen LogP contribution < -0.4 is 10.1 Å². The van der Waals surface area contributed by atoms with E-state index in [0.717, 1.165) is 16.2 Å². The molecule has 0 atom stereocenters. The predicted molar refractivity (Wildman–Crippen MR) is 179 cm³/mol. The highest BCUT2D eigenvalue weighted by Gasteiger charge is 2.33. The van der Waals surface area contributed by atoms with Crippen LogP contribution in [0.15, 0.2) is 51.6 Å². The van der Waals surface area contributed by atoms with Crippen LogP contribution in [0, 0.1) is 0 Å². The first-order valence-corrected chi connectivity index (χ1v) is 16.8. The molecule has 2 saturated heterocycles. The van der Waals surface area contributed by atoms with Gasteiger partial charge in [0.25, 0.3) is 11.8 Å². The fourth-order valence-electron chi connectivity index (χ4n) is 3.93. The van der Waals surface area contributed by atoms with Gasteiger partial charge in [0.2, 0.25) is 11.0 Å². The Morgan fingerprint density at radius 2 is 1.67 bits per heavy atom. The summed E-state index contributed by atoms with van der Waals surface area (Å²) in [6, 6.07) is 11.3. The summed E-state index contributed by atoms with van der Waals surface area (Å²) in [4.78, 5) is 43.4. The van der Waals surface area contributed by atoms with Crippen molar-refractivity contribution in [1.29, 1.82) is 0 Å². The Labute approximate surface area is 269 Å². The Morgan fingerprint density at radius 1 is 0.976 bits per heavy atom. The first kappa shape index (κ1) is 30.5. The molecule has 0 unspecified atom stereocenters. The number of thiophene rings is 1. The normalized spacial score (nSPS) is 17.3. The first-order chi connectivity index (χ1) is 20.3. The minimum Gasteiger partial charge on any atom is -0.497 e. The fraction of sp³-hybridized carbons (Fsp3) is 0.222. The van der Waals surface area contributed by atoms with Gasteiger partial charge in [-0.05, 0) is 47.7 Å². The van der Waals surface area contributed by atoms with E-state index in [1.165, 1.54) is 39.8 Å². The van der Waals surface area contributed by atoms with Gasteiger partial charge in [0.05, 0.1) is 16.9 Å². The lowest BCUT2D eigenvalue weighted by Gasteiger charge is -2.13. The number of aromatic nitrogens is 2. The Kier molecular flexibility index (Phi) is 10.2. The molecule has 2 aromatic heterocycles. The van der Waals surface area contributed by atoms with Crippen LogP contribution in [0.25, 0.3) is 12.2 Å². The number of amides is 3. The summed E-state index contributed by atoms with van der Waals surface area (Å²) in [5, 5.41) is 14.0. The Balaban J connectivity index is 1.07. The number of nitrogens with one attached hydrogen (secondary N) is 1. The first-order valence-electron chi connectivity index (χ1n) is 12.6. The number of hydrogen-bond acceptors (Lipinski definition) is 12. The number of hydrogen-bond donors (Lipinski definition) is 1. The molecule has 0 aliphatic carbocycles. The lowest BCUT2D eigenvalue weighted by atomic mass is 10.2. The van der Waals surface area contributed by atoms with Crippen LogP contribution in [-0.2, 0) is 20.8 Å². The third-order valence-electron chi connectivity index (χ3n) is 6.03. The quantitative estimate of drug-likeness (QED) is 0.202. The number of thiocarbonyl (C=S) groups is 2. The minimum atomic E-state index is -0.224. The molecule has 4 heterocycles. The van der Waals surface area contributed by atoms with Crippen molar-refractivity contribution >= 4 is 114 Å². The molecule has 0 saturated carbocycles. The van der Waals surface area contributed by atoms with E-state index in [4.69, 9.17) is 29.2 Å². The van der Waals surface area contributed by atoms with E-state index in [2.05, 4.69) is 15.5 Å². The predicted octanol–water partition coefficient (Wildman–Crippen LogP) is 5.67. The molecular formula is C27H23N5O4S6. The van der Waals surface area contributed by atoms with Crippen LogP contribution in [0.1, 0.15) is 28.3 Å². The summed E-state index contributed by atoms with van der Waals surface area (Å²) in [6.07, 6.45) is 4.75. The van der Waals surface area contributed by atoms with Crippen molar-refractivity contribution in [2.45, 2.75) is 19.3 Å². The van der Waals surface area contributed by atoms with Crippen molar-refractivity contribution < 1.29 is 19.1 Å². The van der Waals surface area contributed by atoms with E-state index in [9.17, 15) is 14.4 Å². The van der Waals surface area contributed by atoms with Crippen LogP contribution in [0.4, 0.5) is 5.13 Å². The third-order valence-corrected chi connectivity index (χ3v) is 10.5. The highest BCUT2D eigenvalue weighted by Crippen LogP contribution is 2.34. The molecule has 1 N–H and O–H groups in total. The highest BCUT2D eigenvalue weighted by molar-refractivity contribution is 8.27. The molecule has 5 rings (SSSR count). The number of methoxy groups -OCH3 is 1. The smallest absolute Gasteiger partial charge is 0.266 e. The molecule has 2 aliphatic rings. The van der Waals surface area contributed by atoms with Crippen LogP contribution in [0.2, 0.25) is 0 Å². The summed E-state index contributed by atoms with van der Waals surface area (Å²) < 4.78 is 6.16. The van der Waals surface area contributed by atoms with E-state index >= 15 is 0 Å². The number of thioether (sulfide) groups is 2. The SMILES string of the molecule is COc1ccc(/C=C2/SC(=S)N(CCc3nnc(NC(=O)CCCN4C(=O)/C(=C/c5cccs5)SC4=S)s3)C2=O)cc1. The van der Waals surface area contributed by atoms with E-state index < -0.39 is 0 Å². The average molecular weight is 674 g/mol. The molecule has 42 heavy (non-hydrogen) atoms. The van der Waals surface area contributed by atoms with Crippen molar-refractivity contribution in [2.24, 2.45) is 0 Å². The molecule has 2 aliphatic heterocycles. The summed E-state index contributed by atoms with van der Waals surface area (Å²) in [7, 11) is 1.60. The molecule has 216 valence electrons. The maximum Gasteiger partial charge on any atom is 0.266 e. The maximum absolute atomic E-state index is 12.9. The maximum atomic E-state index is 12.9. The van der Waals surface area contributed by atoms with Gasteiger partial charge in [-0.2, -0.15) is 0 Å². The van der Waals surface area contributed by atoms with Crippen LogP contribution in [-0.4, -0.2) is 66.6 Å². The molecule has 1 aromatic carbocycles. The number of carbonyl (C=O) groups is 3. The van der Waals surface area contributed by atoms with Gasteiger partial charge in [0.1, 0.15) is 19.4 Å². The van der Waals surface area contributed by atoms with E-state index in [-0.39, 0.29) is 24.1 Å². The molecule has 0 bridgehead atoms. The zero-order valence-electron chi connectivity index (χ0n) is 22.1. The number of nitrogens with zero attached hydrogens (tertiary/aromatic N) is 4. The second-order valence-corrected chi connectivity index (χ2v) is 14.3. The Hall–Kier alpha value is -2.95. The largest absolute Gasteiger partial charge is 0.497 e. The summed E-state index contributed by atoms with van der Waals surface area (Å²) in [6.45, 7) is 0.718. The van der Waals surface area contributed by atoms with Gasteiger partial charge in [-0.3, -0.25) is 24.2 Å². The lowest BCUT2D eigenvalue weighted by molar-refractivity contribution is -0.123. The van der Waals surface area contributed by atoms with Crippen molar-refractivity contribution in [3.8, 4) is 5.75 Å². The van der Waals surface area contributed by atoms with Gasteiger partial charge in [0.15, 0.2) is 0 Å². The monoisotopic (exact) mass is 673 g/mol. The van der Waals surface area contributed by atoms with Crippen molar-refractivity contribution in [3.05, 3.63) is 67.0 Å². The number of carbonyl (C=O) groups excluding carboxylic acids is 3. The van der Waals surface area contributed by atoms with Gasteiger partial charge in [-0.1, -0.05) is 77.5 Å². The second kappa shape index (κ2) is 14.0. The van der Waals surface area contributed by atoms with E-state index in [0.29, 0.717) is 54.5 Å². The zero-order chi connectivity index (χ0) is 29.6. The number of rotatable bonds is 11. The number of anilines is 1. The highest BCUT2D eigenvalue weighted by atomic mass is 32.2. The van der Waals surface area contributed by atoms with Crippen molar-refractivity contribution in [2.75, 3.05) is 25.5 Å². The summed E-state index contributed by atoms with van der Waals surface area (Å²) in [5.74, 6) is 0.233. The van der Waals surface area contributed by atoms with Gasteiger partial charge < -0.3 is 10.1 Å². The van der Waals surface area contributed by atoms with Gasteiger partial charge in [-0.15, -0.1) is 21.5 Å².